The Bertz CT molecular complexity index is 547. The van der Waals surface area contributed by atoms with E-state index in [1.54, 1.807) is 13.8 Å². The van der Waals surface area contributed by atoms with Gasteiger partial charge in [0.25, 0.3) is 0 Å². The zero-order valence-electron chi connectivity index (χ0n) is 13.4. The first-order valence-corrected chi connectivity index (χ1v) is 8.91. The molecule has 20 heavy (non-hydrogen) atoms. The lowest BCUT2D eigenvalue weighted by molar-refractivity contribution is 0.566. The Balaban J connectivity index is 2.92. The molecule has 6 heteroatoms. The first-order valence-electron chi connectivity index (χ1n) is 7.19. The summed E-state index contributed by atoms with van der Waals surface area (Å²) in [6.07, 6.45) is 0. The highest BCUT2D eigenvalue weighted by molar-refractivity contribution is 7.91. The molecule has 1 aromatic rings. The van der Waals surface area contributed by atoms with E-state index in [4.69, 9.17) is 0 Å². The molecule has 1 unspecified atom stereocenters. The molecule has 0 aliphatic heterocycles. The van der Waals surface area contributed by atoms with Crippen LogP contribution < -0.4 is 5.32 Å². The van der Waals surface area contributed by atoms with E-state index in [1.165, 1.54) is 5.56 Å². The van der Waals surface area contributed by atoms with E-state index in [0.717, 1.165) is 17.9 Å². The Kier molecular flexibility index (Phi) is 5.77. The molecule has 0 saturated heterocycles. The molecular weight excluding hydrogens is 274 g/mol. The van der Waals surface area contributed by atoms with Crippen molar-refractivity contribution in [1.29, 1.82) is 0 Å². The Labute approximate surface area is 122 Å². The van der Waals surface area contributed by atoms with Gasteiger partial charge in [-0.1, -0.05) is 6.92 Å². The van der Waals surface area contributed by atoms with Gasteiger partial charge in [0.2, 0.25) is 0 Å². The third-order valence-corrected chi connectivity index (χ3v) is 5.87. The molecule has 0 radical (unpaired) electrons. The maximum atomic E-state index is 11.9. The van der Waals surface area contributed by atoms with Crippen LogP contribution >= 0.6 is 0 Å². The van der Waals surface area contributed by atoms with E-state index in [2.05, 4.69) is 24.3 Å². The van der Waals surface area contributed by atoms with E-state index < -0.39 is 9.84 Å². The van der Waals surface area contributed by atoms with Crippen LogP contribution in [0.25, 0.3) is 0 Å². The van der Waals surface area contributed by atoms with Crippen LogP contribution in [0.4, 0.5) is 0 Å². The number of hydrogen-bond donors (Lipinski definition) is 1. The predicted molar refractivity (Wildman–Crippen MR) is 82.7 cm³/mol. The molecular formula is C14H27N3O2S. The molecule has 1 heterocycles. The summed E-state index contributed by atoms with van der Waals surface area (Å²) in [5, 5.41) is 7.53. The summed E-state index contributed by atoms with van der Waals surface area (Å²) in [5.41, 5.74) is 3.20. The molecule has 0 aliphatic carbocycles. The Hall–Kier alpha value is -0.880. The van der Waals surface area contributed by atoms with E-state index >= 15 is 0 Å². The molecule has 5 nitrogen and oxygen atoms in total. The number of sulfone groups is 1. The Morgan fingerprint density at radius 1 is 1.25 bits per heavy atom. The second-order valence-corrected chi connectivity index (χ2v) is 8.18. The Morgan fingerprint density at radius 3 is 2.35 bits per heavy atom. The standard InChI is InChI=1S/C14H27N3O2S/c1-7-15-11(4)14-12(5)16-17(13(14)6)8-9-20(18,19)10(2)3/h10-11,15H,7-9H2,1-6H3. The fourth-order valence-corrected chi connectivity index (χ4v) is 3.31. The molecule has 1 rings (SSSR count). The monoisotopic (exact) mass is 301 g/mol. The van der Waals surface area contributed by atoms with Gasteiger partial charge in [0.1, 0.15) is 0 Å². The fourth-order valence-electron chi connectivity index (χ4n) is 2.41. The SMILES string of the molecule is CCNC(C)c1c(C)nn(CCS(=O)(=O)C(C)C)c1C. The van der Waals surface area contributed by atoms with Crippen LogP contribution in [0.5, 0.6) is 0 Å². The van der Waals surface area contributed by atoms with Crippen molar-refractivity contribution in [2.75, 3.05) is 12.3 Å². The molecule has 0 spiro atoms. The fraction of sp³-hybridized carbons (Fsp3) is 0.786. The number of aryl methyl sites for hydroxylation is 2. The minimum atomic E-state index is -3.02. The zero-order valence-corrected chi connectivity index (χ0v) is 14.2. The van der Waals surface area contributed by atoms with Crippen molar-refractivity contribution in [3.05, 3.63) is 17.0 Å². The normalized spacial score (nSPS) is 13.9. The number of nitrogens with one attached hydrogen (secondary N) is 1. The molecule has 0 aliphatic rings. The third-order valence-electron chi connectivity index (χ3n) is 3.69. The van der Waals surface area contributed by atoms with Gasteiger partial charge in [-0.2, -0.15) is 5.10 Å². The molecule has 116 valence electrons. The van der Waals surface area contributed by atoms with E-state index in [9.17, 15) is 8.42 Å². The highest BCUT2D eigenvalue weighted by Crippen LogP contribution is 2.21. The quantitative estimate of drug-likeness (QED) is 0.836. The maximum absolute atomic E-state index is 11.9. The minimum absolute atomic E-state index is 0.141. The number of hydrogen-bond acceptors (Lipinski definition) is 4. The minimum Gasteiger partial charge on any atom is -0.310 e. The van der Waals surface area contributed by atoms with Crippen molar-refractivity contribution in [2.45, 2.75) is 59.4 Å². The van der Waals surface area contributed by atoms with Crippen LogP contribution in [0.3, 0.4) is 0 Å². The second kappa shape index (κ2) is 6.72. The predicted octanol–water partition coefficient (Wildman–Crippen LogP) is 1.99. The van der Waals surface area contributed by atoms with Gasteiger partial charge >= 0.3 is 0 Å². The highest BCUT2D eigenvalue weighted by Gasteiger charge is 2.20. The van der Waals surface area contributed by atoms with Crippen LogP contribution in [0.1, 0.15) is 50.7 Å². The third kappa shape index (κ3) is 3.82. The largest absolute Gasteiger partial charge is 0.310 e. The molecule has 0 saturated carbocycles. The highest BCUT2D eigenvalue weighted by atomic mass is 32.2. The van der Waals surface area contributed by atoms with Crippen molar-refractivity contribution >= 4 is 9.84 Å². The number of aromatic nitrogens is 2. The Morgan fingerprint density at radius 2 is 1.85 bits per heavy atom. The van der Waals surface area contributed by atoms with Crippen molar-refractivity contribution in [2.24, 2.45) is 0 Å². The summed E-state index contributed by atoms with van der Waals surface area (Å²) in [4.78, 5) is 0. The van der Waals surface area contributed by atoms with E-state index in [0.29, 0.717) is 6.54 Å². The van der Waals surface area contributed by atoms with Crippen LogP contribution in [0.15, 0.2) is 0 Å². The van der Waals surface area contributed by atoms with Gasteiger partial charge < -0.3 is 5.32 Å². The van der Waals surface area contributed by atoms with Crippen molar-refractivity contribution < 1.29 is 8.42 Å². The molecule has 0 amide bonds. The van der Waals surface area contributed by atoms with Crippen LogP contribution in [-0.4, -0.2) is 35.7 Å². The summed E-state index contributed by atoms with van der Waals surface area (Å²) in [6, 6.07) is 0.232. The summed E-state index contributed by atoms with van der Waals surface area (Å²) < 4.78 is 25.6. The smallest absolute Gasteiger partial charge is 0.154 e. The lowest BCUT2D eigenvalue weighted by Gasteiger charge is -2.13. The van der Waals surface area contributed by atoms with Crippen molar-refractivity contribution in [3.8, 4) is 0 Å². The van der Waals surface area contributed by atoms with Gasteiger partial charge in [-0.3, -0.25) is 4.68 Å². The van der Waals surface area contributed by atoms with Gasteiger partial charge in [-0.05, 0) is 41.2 Å². The molecule has 1 atom stereocenters. The summed E-state index contributed by atoms with van der Waals surface area (Å²) in [7, 11) is -3.02. The maximum Gasteiger partial charge on any atom is 0.154 e. The number of nitrogens with zero attached hydrogens (tertiary/aromatic N) is 2. The van der Waals surface area contributed by atoms with Crippen LogP contribution in [0.2, 0.25) is 0 Å². The van der Waals surface area contributed by atoms with Crippen LogP contribution in [-0.2, 0) is 16.4 Å². The summed E-state index contributed by atoms with van der Waals surface area (Å²) in [6.45, 7) is 12.9. The zero-order chi connectivity index (χ0) is 15.5. The second-order valence-electron chi connectivity index (χ2n) is 5.50. The van der Waals surface area contributed by atoms with Crippen molar-refractivity contribution in [1.82, 2.24) is 15.1 Å². The van der Waals surface area contributed by atoms with Gasteiger partial charge in [0.05, 0.1) is 23.2 Å². The van der Waals surface area contributed by atoms with Crippen molar-refractivity contribution in [3.63, 3.8) is 0 Å². The lowest BCUT2D eigenvalue weighted by atomic mass is 10.1. The topological polar surface area (TPSA) is 64.0 Å². The van der Waals surface area contributed by atoms with Gasteiger partial charge in [0.15, 0.2) is 9.84 Å². The van der Waals surface area contributed by atoms with Gasteiger partial charge in [0, 0.05) is 17.3 Å². The van der Waals surface area contributed by atoms with Gasteiger partial charge in [-0.25, -0.2) is 8.42 Å². The first kappa shape index (κ1) is 17.2. The average Bonchev–Trinajstić information content (AvgIpc) is 2.62. The van der Waals surface area contributed by atoms with Gasteiger partial charge in [-0.15, -0.1) is 0 Å². The molecule has 0 bridgehead atoms. The molecule has 1 aromatic heterocycles. The van der Waals surface area contributed by atoms with Crippen LogP contribution in [0, 0.1) is 13.8 Å². The number of rotatable bonds is 7. The van der Waals surface area contributed by atoms with E-state index in [-0.39, 0.29) is 17.0 Å². The first-order chi connectivity index (χ1) is 9.20. The lowest BCUT2D eigenvalue weighted by Crippen LogP contribution is -2.22. The molecule has 0 aromatic carbocycles. The molecule has 1 N–H and O–H groups in total. The molecule has 0 fully saturated rings. The summed E-state index contributed by atoms with van der Waals surface area (Å²) in [5.74, 6) is 0.141. The average molecular weight is 301 g/mol. The van der Waals surface area contributed by atoms with E-state index in [1.807, 2.05) is 18.5 Å². The summed E-state index contributed by atoms with van der Waals surface area (Å²) >= 11 is 0.